The SMILES string of the molecule is COc1ccccc1CN1CCC(NC(=O)c2ccc(-c3cccc(C(F)(F)F)c3)s2)CC1.O=C(O)C(F)(F)F. The molecule has 0 unspecified atom stereocenters. The summed E-state index contributed by atoms with van der Waals surface area (Å²) < 4.78 is 76.1. The summed E-state index contributed by atoms with van der Waals surface area (Å²) in [6, 6.07) is 16.6. The number of thiophene rings is 1. The van der Waals surface area contributed by atoms with Gasteiger partial charge in [-0.15, -0.1) is 11.3 Å². The quantitative estimate of drug-likeness (QED) is 0.323. The normalized spacial score (nSPS) is 14.7. The minimum Gasteiger partial charge on any atom is -0.496 e. The van der Waals surface area contributed by atoms with Gasteiger partial charge in [0.15, 0.2) is 0 Å². The fraction of sp³-hybridized carbons (Fsp3) is 0.333. The van der Waals surface area contributed by atoms with Crippen LogP contribution in [0.5, 0.6) is 5.75 Å². The molecule has 1 fully saturated rings. The molecule has 40 heavy (non-hydrogen) atoms. The number of ether oxygens (including phenoxy) is 1. The molecule has 0 radical (unpaired) electrons. The molecule has 0 spiro atoms. The lowest BCUT2D eigenvalue weighted by molar-refractivity contribution is -0.192. The Hall–Kier alpha value is -3.58. The second-order valence-electron chi connectivity index (χ2n) is 8.88. The standard InChI is InChI=1S/C25H25F3N2O2S.C2HF3O2/c1-32-21-8-3-2-5-18(21)16-30-13-11-20(12-14-30)29-24(31)23-10-9-22(33-23)17-6-4-7-19(15-17)25(26,27)28;3-2(4,5)1(6)7/h2-10,15,20H,11-14,16H2,1H3,(H,29,31);(H,6,7). The van der Waals surface area contributed by atoms with E-state index in [2.05, 4.69) is 16.3 Å². The van der Waals surface area contributed by atoms with Gasteiger partial charge in [0.25, 0.3) is 5.91 Å². The number of nitrogens with zero attached hydrogens (tertiary/aromatic N) is 1. The number of aliphatic carboxylic acids is 1. The average molecular weight is 589 g/mol. The van der Waals surface area contributed by atoms with Crippen molar-refractivity contribution in [1.82, 2.24) is 10.2 Å². The minimum atomic E-state index is -5.08. The van der Waals surface area contributed by atoms with Crippen LogP contribution < -0.4 is 10.1 Å². The molecule has 0 bridgehead atoms. The summed E-state index contributed by atoms with van der Waals surface area (Å²) in [7, 11) is 1.67. The highest BCUT2D eigenvalue weighted by Gasteiger charge is 2.38. The zero-order chi connectivity index (χ0) is 29.5. The minimum absolute atomic E-state index is 0.0746. The fourth-order valence-electron chi connectivity index (χ4n) is 4.03. The second kappa shape index (κ2) is 13.2. The number of hydrogen-bond acceptors (Lipinski definition) is 5. The van der Waals surface area contributed by atoms with E-state index in [0.717, 1.165) is 55.9 Å². The molecule has 1 aliphatic heterocycles. The zero-order valence-corrected chi connectivity index (χ0v) is 22.0. The van der Waals surface area contributed by atoms with Gasteiger partial charge in [-0.3, -0.25) is 9.69 Å². The highest BCUT2D eigenvalue weighted by atomic mass is 32.1. The molecule has 1 aromatic heterocycles. The molecule has 2 aromatic carbocycles. The number of carbonyl (C=O) groups excluding carboxylic acids is 1. The van der Waals surface area contributed by atoms with E-state index in [9.17, 15) is 31.1 Å². The number of para-hydroxylation sites is 1. The number of carboxylic acid groups (broad SMARTS) is 1. The maximum Gasteiger partial charge on any atom is 0.490 e. The molecule has 13 heteroatoms. The Morgan fingerprint density at radius 2 is 1.65 bits per heavy atom. The van der Waals surface area contributed by atoms with Crippen LogP contribution in [0.3, 0.4) is 0 Å². The van der Waals surface area contributed by atoms with Crippen LogP contribution in [-0.4, -0.2) is 54.3 Å². The van der Waals surface area contributed by atoms with Crippen molar-refractivity contribution in [2.24, 2.45) is 0 Å². The van der Waals surface area contributed by atoms with Gasteiger partial charge in [0.05, 0.1) is 17.6 Å². The summed E-state index contributed by atoms with van der Waals surface area (Å²) in [5.74, 6) is -2.06. The number of alkyl halides is 6. The molecular formula is C27H26F6N2O4S. The number of methoxy groups -OCH3 is 1. The summed E-state index contributed by atoms with van der Waals surface area (Å²) in [5.41, 5.74) is 0.904. The van der Waals surface area contributed by atoms with E-state index >= 15 is 0 Å². The first kappa shape index (κ1) is 31.0. The van der Waals surface area contributed by atoms with E-state index in [-0.39, 0.29) is 11.9 Å². The molecule has 1 amide bonds. The molecule has 6 nitrogen and oxygen atoms in total. The number of carbonyl (C=O) groups is 2. The van der Waals surface area contributed by atoms with Gasteiger partial charge in [0.1, 0.15) is 5.75 Å². The highest BCUT2D eigenvalue weighted by Crippen LogP contribution is 2.34. The van der Waals surface area contributed by atoms with Crippen molar-refractivity contribution in [3.63, 3.8) is 0 Å². The first-order valence-electron chi connectivity index (χ1n) is 12.0. The zero-order valence-electron chi connectivity index (χ0n) is 21.2. The molecule has 2 heterocycles. The number of carboxylic acids is 1. The molecule has 216 valence electrons. The summed E-state index contributed by atoms with van der Waals surface area (Å²) in [6.07, 6.45) is -7.80. The first-order chi connectivity index (χ1) is 18.8. The lowest BCUT2D eigenvalue weighted by Crippen LogP contribution is -2.44. The van der Waals surface area contributed by atoms with E-state index in [0.29, 0.717) is 15.3 Å². The van der Waals surface area contributed by atoms with Crippen molar-refractivity contribution in [1.29, 1.82) is 0 Å². The molecule has 1 aliphatic rings. The van der Waals surface area contributed by atoms with Gasteiger partial charge in [-0.05, 0) is 48.7 Å². The topological polar surface area (TPSA) is 78.9 Å². The van der Waals surface area contributed by atoms with E-state index in [4.69, 9.17) is 14.6 Å². The lowest BCUT2D eigenvalue weighted by Gasteiger charge is -2.32. The maximum absolute atomic E-state index is 13.0. The number of nitrogens with one attached hydrogen (secondary N) is 1. The Balaban J connectivity index is 0.000000559. The molecule has 4 rings (SSSR count). The summed E-state index contributed by atoms with van der Waals surface area (Å²) in [4.78, 5) is 25.1. The van der Waals surface area contributed by atoms with Crippen LogP contribution in [0.4, 0.5) is 26.3 Å². The predicted octanol–water partition coefficient (Wildman–Crippen LogP) is 6.47. The molecule has 1 saturated heterocycles. The van der Waals surface area contributed by atoms with E-state index in [1.165, 1.54) is 17.4 Å². The summed E-state index contributed by atoms with van der Waals surface area (Å²) in [5, 5.41) is 10.2. The van der Waals surface area contributed by atoms with Crippen LogP contribution in [0.2, 0.25) is 0 Å². The molecule has 2 N–H and O–H groups in total. The summed E-state index contributed by atoms with van der Waals surface area (Å²) in [6.45, 7) is 2.53. The van der Waals surface area contributed by atoms with Gasteiger partial charge in [0.2, 0.25) is 0 Å². The van der Waals surface area contributed by atoms with E-state index in [1.807, 2.05) is 18.2 Å². The van der Waals surface area contributed by atoms with Crippen molar-refractivity contribution in [2.45, 2.75) is 37.8 Å². The van der Waals surface area contributed by atoms with Gasteiger partial charge < -0.3 is 15.2 Å². The highest BCUT2D eigenvalue weighted by molar-refractivity contribution is 7.17. The molecule has 0 saturated carbocycles. The number of hydrogen-bond donors (Lipinski definition) is 2. The van der Waals surface area contributed by atoms with Crippen molar-refractivity contribution >= 4 is 23.2 Å². The monoisotopic (exact) mass is 588 g/mol. The summed E-state index contributed by atoms with van der Waals surface area (Å²) >= 11 is 1.20. The fourth-order valence-corrected chi connectivity index (χ4v) is 4.94. The number of piperidine rings is 1. The molecule has 3 aromatic rings. The van der Waals surface area contributed by atoms with Gasteiger partial charge in [0, 0.05) is 36.1 Å². The second-order valence-corrected chi connectivity index (χ2v) is 9.96. The van der Waals surface area contributed by atoms with Crippen LogP contribution in [0.15, 0.2) is 60.7 Å². The largest absolute Gasteiger partial charge is 0.496 e. The van der Waals surface area contributed by atoms with Crippen molar-refractivity contribution in [2.75, 3.05) is 20.2 Å². The van der Waals surface area contributed by atoms with E-state index in [1.54, 1.807) is 25.3 Å². The molecule has 0 aliphatic carbocycles. The van der Waals surface area contributed by atoms with Crippen LogP contribution >= 0.6 is 11.3 Å². The smallest absolute Gasteiger partial charge is 0.490 e. The lowest BCUT2D eigenvalue weighted by atomic mass is 10.0. The van der Waals surface area contributed by atoms with Gasteiger partial charge in [-0.2, -0.15) is 26.3 Å². The van der Waals surface area contributed by atoms with Crippen LogP contribution in [0, 0.1) is 0 Å². The van der Waals surface area contributed by atoms with Crippen LogP contribution in [0.1, 0.15) is 33.6 Å². The maximum atomic E-state index is 13.0. The Labute approximate surface area is 230 Å². The third-order valence-electron chi connectivity index (χ3n) is 6.06. The van der Waals surface area contributed by atoms with Gasteiger partial charge in [-0.1, -0.05) is 30.3 Å². The van der Waals surface area contributed by atoms with Crippen molar-refractivity contribution in [3.05, 3.63) is 76.7 Å². The first-order valence-corrected chi connectivity index (χ1v) is 12.8. The number of amides is 1. The number of halogens is 6. The molecular weight excluding hydrogens is 562 g/mol. The van der Waals surface area contributed by atoms with Crippen LogP contribution in [-0.2, 0) is 17.5 Å². The Morgan fingerprint density at radius 1 is 1.00 bits per heavy atom. The number of likely N-dealkylation sites (tertiary alicyclic amines) is 1. The van der Waals surface area contributed by atoms with Crippen molar-refractivity contribution < 1.29 is 45.8 Å². The third-order valence-corrected chi connectivity index (χ3v) is 7.19. The number of rotatable bonds is 6. The van der Waals surface area contributed by atoms with Gasteiger partial charge >= 0.3 is 18.3 Å². The Bertz CT molecular complexity index is 1300. The van der Waals surface area contributed by atoms with Crippen molar-refractivity contribution in [3.8, 4) is 16.2 Å². The Morgan fingerprint density at radius 3 is 2.25 bits per heavy atom. The average Bonchev–Trinajstić information content (AvgIpc) is 3.40. The molecule has 0 atom stereocenters. The number of benzene rings is 2. The van der Waals surface area contributed by atoms with Gasteiger partial charge in [-0.25, -0.2) is 4.79 Å². The third kappa shape index (κ3) is 8.71. The Kier molecular flexibility index (Phi) is 10.2. The van der Waals surface area contributed by atoms with Crippen LogP contribution in [0.25, 0.3) is 10.4 Å². The van der Waals surface area contributed by atoms with E-state index < -0.39 is 23.9 Å². The predicted molar refractivity (Wildman–Crippen MR) is 137 cm³/mol.